The summed E-state index contributed by atoms with van der Waals surface area (Å²) >= 11 is 0. The van der Waals surface area contributed by atoms with Crippen molar-refractivity contribution in [3.05, 3.63) is 102 Å². The summed E-state index contributed by atoms with van der Waals surface area (Å²) in [5.74, 6) is 0.179. The number of amides is 1. The first kappa shape index (κ1) is 19.5. The zero-order valence-electron chi connectivity index (χ0n) is 17.0. The molecule has 1 N–H and O–H groups in total. The highest BCUT2D eigenvalue weighted by Crippen LogP contribution is 2.32. The fraction of sp³-hybridized carbons (Fsp3) is 0.120. The molecular formula is C25H23N3O2. The van der Waals surface area contributed by atoms with Gasteiger partial charge in [0, 0.05) is 12.1 Å². The highest BCUT2D eigenvalue weighted by atomic mass is 16.5. The second-order valence-electron chi connectivity index (χ2n) is 6.96. The Labute approximate surface area is 175 Å². The molecule has 0 saturated heterocycles. The molecule has 4 rings (SSSR count). The first-order chi connectivity index (χ1) is 14.7. The van der Waals surface area contributed by atoms with Gasteiger partial charge in [-0.2, -0.15) is 9.78 Å². The topological polar surface area (TPSA) is 56.1 Å². The predicted octanol–water partition coefficient (Wildman–Crippen LogP) is 4.79. The van der Waals surface area contributed by atoms with Gasteiger partial charge in [0.15, 0.2) is 0 Å². The van der Waals surface area contributed by atoms with E-state index in [9.17, 15) is 4.79 Å². The minimum atomic E-state index is -0.226. The molecule has 150 valence electrons. The normalized spacial score (nSPS) is 10.6. The van der Waals surface area contributed by atoms with E-state index in [1.807, 2.05) is 91.9 Å². The fourth-order valence-electron chi connectivity index (χ4n) is 3.41. The van der Waals surface area contributed by atoms with Crippen LogP contribution in [0.2, 0.25) is 0 Å². The van der Waals surface area contributed by atoms with Gasteiger partial charge >= 0.3 is 0 Å². The summed E-state index contributed by atoms with van der Waals surface area (Å²) in [5.41, 5.74) is 4.88. The number of hydrogen-bond acceptors (Lipinski definition) is 3. The van der Waals surface area contributed by atoms with E-state index in [4.69, 9.17) is 9.84 Å². The molecule has 0 aliphatic heterocycles. The van der Waals surface area contributed by atoms with Crippen LogP contribution in [0.3, 0.4) is 0 Å². The molecule has 1 aromatic heterocycles. The number of hydrogen-bond donors (Lipinski definition) is 1. The summed E-state index contributed by atoms with van der Waals surface area (Å²) in [6.07, 6.45) is 0. The summed E-state index contributed by atoms with van der Waals surface area (Å²) in [4.78, 5) is 13.3. The summed E-state index contributed by atoms with van der Waals surface area (Å²) in [7, 11) is 1.56. The molecule has 0 aliphatic carbocycles. The van der Waals surface area contributed by atoms with Crippen molar-refractivity contribution in [2.45, 2.75) is 13.5 Å². The molecule has 0 radical (unpaired) electrons. The van der Waals surface area contributed by atoms with Gasteiger partial charge in [0.05, 0.1) is 12.8 Å². The van der Waals surface area contributed by atoms with Crippen LogP contribution < -0.4 is 10.1 Å². The van der Waals surface area contributed by atoms with Crippen molar-refractivity contribution < 1.29 is 9.53 Å². The van der Waals surface area contributed by atoms with E-state index in [0.717, 1.165) is 22.4 Å². The van der Waals surface area contributed by atoms with Gasteiger partial charge in [-0.3, -0.25) is 4.79 Å². The van der Waals surface area contributed by atoms with Crippen molar-refractivity contribution in [2.24, 2.45) is 0 Å². The Bertz CT molecular complexity index is 1150. The molecule has 5 nitrogen and oxygen atoms in total. The van der Waals surface area contributed by atoms with Crippen LogP contribution in [0.4, 0.5) is 0 Å². The van der Waals surface area contributed by atoms with Gasteiger partial charge in [0.2, 0.25) is 5.88 Å². The number of aromatic nitrogens is 2. The van der Waals surface area contributed by atoms with Gasteiger partial charge in [0.1, 0.15) is 11.3 Å². The maximum atomic E-state index is 13.3. The van der Waals surface area contributed by atoms with E-state index in [1.54, 1.807) is 11.8 Å². The Kier molecular flexibility index (Phi) is 5.61. The van der Waals surface area contributed by atoms with Gasteiger partial charge in [-0.1, -0.05) is 72.8 Å². The van der Waals surface area contributed by atoms with Gasteiger partial charge in [-0.05, 0) is 30.2 Å². The van der Waals surface area contributed by atoms with Gasteiger partial charge in [0.25, 0.3) is 5.91 Å². The maximum absolute atomic E-state index is 13.3. The van der Waals surface area contributed by atoms with Gasteiger partial charge in [-0.25, -0.2) is 0 Å². The summed E-state index contributed by atoms with van der Waals surface area (Å²) in [6.45, 7) is 2.46. The highest BCUT2D eigenvalue weighted by Gasteiger charge is 2.26. The first-order valence-electron chi connectivity index (χ1n) is 9.79. The number of carbonyl (C=O) groups excluding carboxylic acids is 1. The summed E-state index contributed by atoms with van der Waals surface area (Å²) in [6, 6.07) is 27.3. The second kappa shape index (κ2) is 8.66. The average Bonchev–Trinajstić information content (AvgIpc) is 3.19. The summed E-state index contributed by atoms with van der Waals surface area (Å²) in [5, 5.41) is 7.78. The van der Waals surface area contributed by atoms with Crippen LogP contribution in [0.15, 0.2) is 84.9 Å². The largest absolute Gasteiger partial charge is 0.480 e. The van der Waals surface area contributed by atoms with E-state index in [1.165, 1.54) is 0 Å². The molecule has 5 heteroatoms. The molecule has 1 amide bonds. The van der Waals surface area contributed by atoms with Crippen LogP contribution in [-0.2, 0) is 6.54 Å². The number of nitrogens with one attached hydrogen (secondary N) is 1. The zero-order chi connectivity index (χ0) is 20.9. The zero-order valence-corrected chi connectivity index (χ0v) is 17.0. The number of para-hydroxylation sites is 1. The molecular weight excluding hydrogens is 374 g/mol. The SMILES string of the molecule is COc1c(C(=O)NCc2ccccc2C)c(-c2ccccc2)nn1-c1ccccc1. The molecule has 0 atom stereocenters. The van der Waals surface area contributed by atoms with Crippen molar-refractivity contribution in [2.75, 3.05) is 7.11 Å². The van der Waals surface area contributed by atoms with Crippen molar-refractivity contribution in [1.82, 2.24) is 15.1 Å². The van der Waals surface area contributed by atoms with Crippen LogP contribution in [-0.4, -0.2) is 22.8 Å². The molecule has 0 unspecified atom stereocenters. The lowest BCUT2D eigenvalue weighted by Crippen LogP contribution is -2.24. The lowest BCUT2D eigenvalue weighted by atomic mass is 10.1. The number of methoxy groups -OCH3 is 1. The average molecular weight is 397 g/mol. The Morgan fingerprint density at radius 2 is 1.57 bits per heavy atom. The first-order valence-corrected chi connectivity index (χ1v) is 9.79. The van der Waals surface area contributed by atoms with Crippen molar-refractivity contribution in [3.8, 4) is 22.8 Å². The summed E-state index contributed by atoms with van der Waals surface area (Å²) < 4.78 is 7.34. The Hall–Kier alpha value is -3.86. The number of ether oxygens (including phenoxy) is 1. The molecule has 30 heavy (non-hydrogen) atoms. The van der Waals surface area contributed by atoms with E-state index >= 15 is 0 Å². The predicted molar refractivity (Wildman–Crippen MR) is 118 cm³/mol. The van der Waals surface area contributed by atoms with E-state index in [0.29, 0.717) is 23.7 Å². The fourth-order valence-corrected chi connectivity index (χ4v) is 3.41. The van der Waals surface area contributed by atoms with Crippen LogP contribution >= 0.6 is 0 Å². The van der Waals surface area contributed by atoms with Gasteiger partial charge in [-0.15, -0.1) is 0 Å². The number of carbonyl (C=O) groups is 1. The molecule has 3 aromatic carbocycles. The van der Waals surface area contributed by atoms with Crippen molar-refractivity contribution >= 4 is 5.91 Å². The van der Waals surface area contributed by atoms with Crippen LogP contribution in [0.25, 0.3) is 16.9 Å². The molecule has 4 aromatic rings. The smallest absolute Gasteiger partial charge is 0.259 e. The number of benzene rings is 3. The minimum Gasteiger partial charge on any atom is -0.480 e. The third kappa shape index (κ3) is 3.82. The third-order valence-corrected chi connectivity index (χ3v) is 5.01. The number of aryl methyl sites for hydroxylation is 1. The van der Waals surface area contributed by atoms with Crippen molar-refractivity contribution in [3.63, 3.8) is 0 Å². The van der Waals surface area contributed by atoms with Gasteiger partial charge < -0.3 is 10.1 Å². The van der Waals surface area contributed by atoms with Crippen LogP contribution in [0, 0.1) is 6.92 Å². The standard InChI is InChI=1S/C25H23N3O2/c1-18-11-9-10-14-20(18)17-26-24(29)22-23(19-12-5-3-6-13-19)27-28(25(22)30-2)21-15-7-4-8-16-21/h3-16H,17H2,1-2H3,(H,26,29). The molecule has 0 spiro atoms. The molecule has 0 aliphatic rings. The van der Waals surface area contributed by atoms with E-state index in [2.05, 4.69) is 5.32 Å². The number of nitrogens with zero attached hydrogens (tertiary/aromatic N) is 2. The van der Waals surface area contributed by atoms with Crippen LogP contribution in [0.5, 0.6) is 5.88 Å². The second-order valence-corrected chi connectivity index (χ2v) is 6.96. The number of rotatable bonds is 6. The lowest BCUT2D eigenvalue weighted by molar-refractivity contribution is 0.0948. The Morgan fingerprint density at radius 1 is 0.933 bits per heavy atom. The molecule has 1 heterocycles. The Morgan fingerprint density at radius 3 is 2.23 bits per heavy atom. The molecule has 0 fully saturated rings. The third-order valence-electron chi connectivity index (χ3n) is 5.01. The van der Waals surface area contributed by atoms with E-state index in [-0.39, 0.29) is 5.91 Å². The molecule has 0 bridgehead atoms. The minimum absolute atomic E-state index is 0.226. The van der Waals surface area contributed by atoms with Crippen LogP contribution in [0.1, 0.15) is 21.5 Å². The van der Waals surface area contributed by atoms with E-state index < -0.39 is 0 Å². The lowest BCUT2D eigenvalue weighted by Gasteiger charge is -2.10. The maximum Gasteiger partial charge on any atom is 0.259 e. The molecule has 0 saturated carbocycles. The Balaban J connectivity index is 1.77. The monoisotopic (exact) mass is 397 g/mol. The van der Waals surface area contributed by atoms with Crippen molar-refractivity contribution in [1.29, 1.82) is 0 Å². The quantitative estimate of drug-likeness (QED) is 0.509. The highest BCUT2D eigenvalue weighted by molar-refractivity contribution is 6.02.